The second-order valence-corrected chi connectivity index (χ2v) is 3.44. The summed E-state index contributed by atoms with van der Waals surface area (Å²) in [5.41, 5.74) is 7.75. The quantitative estimate of drug-likeness (QED) is 0.572. The zero-order valence-corrected chi connectivity index (χ0v) is 8.45. The van der Waals surface area contributed by atoms with Gasteiger partial charge in [-0.15, -0.1) is 0 Å². The molecule has 0 bridgehead atoms. The van der Waals surface area contributed by atoms with Crippen molar-refractivity contribution in [2.45, 2.75) is 0 Å². The number of anilines is 1. The normalized spacial score (nSPS) is 9.93. The highest BCUT2D eigenvalue weighted by Crippen LogP contribution is 2.14. The van der Waals surface area contributed by atoms with Crippen molar-refractivity contribution in [2.24, 2.45) is 0 Å². The molecule has 0 saturated heterocycles. The van der Waals surface area contributed by atoms with Crippen LogP contribution in [0.3, 0.4) is 0 Å². The van der Waals surface area contributed by atoms with Crippen LogP contribution in [0.4, 0.5) is 5.69 Å². The number of benzene rings is 1. The number of nitrogens with two attached hydrogens (primary N) is 1. The lowest BCUT2D eigenvalue weighted by molar-refractivity contribution is 0.462. The molecule has 3 heteroatoms. The van der Waals surface area contributed by atoms with Crippen molar-refractivity contribution < 1.29 is 4.79 Å². The molecular weight excluding hydrogens is 176 g/mol. The molecule has 1 aromatic rings. The van der Waals surface area contributed by atoms with Crippen LogP contribution in [-0.4, -0.2) is 31.5 Å². The molecule has 0 saturated carbocycles. The lowest BCUT2D eigenvalue weighted by Crippen LogP contribution is -2.14. The molecule has 1 aromatic carbocycles. The molecule has 0 aromatic heterocycles. The van der Waals surface area contributed by atoms with Crippen molar-refractivity contribution >= 4 is 17.2 Å². The number of hydrogen-bond acceptors (Lipinski definition) is 3. The van der Waals surface area contributed by atoms with E-state index in [1.807, 2.05) is 37.1 Å². The van der Waals surface area contributed by atoms with Gasteiger partial charge in [0.1, 0.15) is 5.94 Å². The smallest absolute Gasteiger partial charge is 0.129 e. The first-order chi connectivity index (χ1) is 6.63. The molecule has 0 unspecified atom stereocenters. The maximum atomic E-state index is 10.7. The van der Waals surface area contributed by atoms with Crippen molar-refractivity contribution in [1.29, 1.82) is 0 Å². The Bertz CT molecular complexity index is 365. The minimum absolute atomic E-state index is 0.576. The van der Waals surface area contributed by atoms with Crippen LogP contribution in [0.25, 0.3) is 5.57 Å². The van der Waals surface area contributed by atoms with Crippen LogP contribution in [0, 0.1) is 0 Å². The molecule has 0 amide bonds. The third-order valence-electron chi connectivity index (χ3n) is 1.83. The average Bonchev–Trinajstić information content (AvgIpc) is 2.14. The molecular formula is C11H14N2O. The van der Waals surface area contributed by atoms with E-state index >= 15 is 0 Å². The monoisotopic (exact) mass is 190 g/mol. The molecule has 74 valence electrons. The van der Waals surface area contributed by atoms with Gasteiger partial charge in [0, 0.05) is 12.2 Å². The summed E-state index contributed by atoms with van der Waals surface area (Å²) >= 11 is 0. The third-order valence-corrected chi connectivity index (χ3v) is 1.83. The van der Waals surface area contributed by atoms with Crippen LogP contribution in [0.2, 0.25) is 0 Å². The second kappa shape index (κ2) is 4.61. The summed E-state index contributed by atoms with van der Waals surface area (Å²) in [5, 5.41) is 0. The summed E-state index contributed by atoms with van der Waals surface area (Å²) in [6, 6.07) is 7.27. The van der Waals surface area contributed by atoms with E-state index in [-0.39, 0.29) is 0 Å². The van der Waals surface area contributed by atoms with Crippen LogP contribution in [0.1, 0.15) is 5.56 Å². The van der Waals surface area contributed by atoms with Crippen molar-refractivity contribution in [3.63, 3.8) is 0 Å². The fourth-order valence-electron chi connectivity index (χ4n) is 1.23. The van der Waals surface area contributed by atoms with Gasteiger partial charge in [-0.3, -0.25) is 0 Å². The summed E-state index contributed by atoms with van der Waals surface area (Å²) in [5.74, 6) is 1.95. The predicted octanol–water partition coefficient (Wildman–Crippen LogP) is 1.05. The molecule has 2 N–H and O–H groups in total. The van der Waals surface area contributed by atoms with Gasteiger partial charge in [-0.1, -0.05) is 12.1 Å². The first-order valence-electron chi connectivity index (χ1n) is 4.38. The standard InChI is InChI=1S/C11H14N2O/c1-13(2)7-10(8-14)9-4-3-5-11(12)6-9/h3-6H,7,12H2,1-2H3. The van der Waals surface area contributed by atoms with Crippen molar-refractivity contribution in [1.82, 2.24) is 4.90 Å². The van der Waals surface area contributed by atoms with Gasteiger partial charge in [0.05, 0.1) is 5.57 Å². The van der Waals surface area contributed by atoms with Crippen LogP contribution in [0.15, 0.2) is 24.3 Å². The first-order valence-corrected chi connectivity index (χ1v) is 4.38. The second-order valence-electron chi connectivity index (χ2n) is 3.44. The molecule has 1 rings (SSSR count). The zero-order valence-electron chi connectivity index (χ0n) is 8.45. The van der Waals surface area contributed by atoms with Crippen molar-refractivity contribution in [3.8, 4) is 0 Å². The third kappa shape index (κ3) is 2.73. The molecule has 0 aliphatic carbocycles. The van der Waals surface area contributed by atoms with Gasteiger partial charge in [-0.2, -0.15) is 0 Å². The number of likely N-dealkylation sites (N-methyl/N-ethyl adjacent to an activating group) is 1. The van der Waals surface area contributed by atoms with Gasteiger partial charge in [-0.05, 0) is 31.8 Å². The Morgan fingerprint density at radius 2 is 2.21 bits per heavy atom. The van der Waals surface area contributed by atoms with Crippen LogP contribution < -0.4 is 5.73 Å². The molecule has 0 fully saturated rings. The van der Waals surface area contributed by atoms with E-state index in [1.54, 1.807) is 12.1 Å². The number of nitrogen functional groups attached to an aromatic ring is 1. The Balaban J connectivity index is 2.96. The van der Waals surface area contributed by atoms with E-state index in [4.69, 9.17) is 5.73 Å². The maximum Gasteiger partial charge on any atom is 0.129 e. The van der Waals surface area contributed by atoms with Crippen LogP contribution >= 0.6 is 0 Å². The average molecular weight is 190 g/mol. The van der Waals surface area contributed by atoms with Gasteiger partial charge in [0.15, 0.2) is 0 Å². The number of rotatable bonds is 3. The Kier molecular flexibility index (Phi) is 3.46. The Labute approximate surface area is 83.8 Å². The van der Waals surface area contributed by atoms with E-state index in [0.717, 1.165) is 5.56 Å². The highest BCUT2D eigenvalue weighted by Gasteiger charge is 2.04. The fraction of sp³-hybridized carbons (Fsp3) is 0.273. The van der Waals surface area contributed by atoms with Crippen molar-refractivity contribution in [2.75, 3.05) is 26.4 Å². The summed E-state index contributed by atoms with van der Waals surface area (Å²) in [6.45, 7) is 0.576. The maximum absolute atomic E-state index is 10.7. The summed E-state index contributed by atoms with van der Waals surface area (Å²) in [4.78, 5) is 12.6. The molecule has 0 aliphatic rings. The molecule has 14 heavy (non-hydrogen) atoms. The first kappa shape index (κ1) is 10.5. The van der Waals surface area contributed by atoms with E-state index in [9.17, 15) is 4.79 Å². The molecule has 0 atom stereocenters. The van der Waals surface area contributed by atoms with Gasteiger partial charge < -0.3 is 10.6 Å². The van der Waals surface area contributed by atoms with Gasteiger partial charge in [0.25, 0.3) is 0 Å². The fourth-order valence-corrected chi connectivity index (χ4v) is 1.23. The van der Waals surface area contributed by atoms with E-state index in [2.05, 4.69) is 0 Å². The van der Waals surface area contributed by atoms with Crippen LogP contribution in [-0.2, 0) is 4.79 Å². The van der Waals surface area contributed by atoms with Gasteiger partial charge in [0.2, 0.25) is 0 Å². The summed E-state index contributed by atoms with van der Waals surface area (Å²) in [7, 11) is 3.81. The SMILES string of the molecule is CN(C)CC(=C=O)c1cccc(N)c1. The Hall–Kier alpha value is -1.57. The lowest BCUT2D eigenvalue weighted by atomic mass is 10.1. The Morgan fingerprint density at radius 3 is 2.71 bits per heavy atom. The summed E-state index contributed by atoms with van der Waals surface area (Å²) < 4.78 is 0. The van der Waals surface area contributed by atoms with E-state index in [1.165, 1.54) is 0 Å². The topological polar surface area (TPSA) is 46.3 Å². The molecule has 0 heterocycles. The molecule has 0 aliphatic heterocycles. The van der Waals surface area contributed by atoms with Gasteiger partial charge in [-0.25, -0.2) is 4.79 Å². The minimum Gasteiger partial charge on any atom is -0.399 e. The zero-order chi connectivity index (χ0) is 10.6. The van der Waals surface area contributed by atoms with Gasteiger partial charge >= 0.3 is 0 Å². The molecule has 3 nitrogen and oxygen atoms in total. The minimum atomic E-state index is 0.576. The number of carbonyl (C=O) groups excluding carboxylic acids is 1. The molecule has 0 radical (unpaired) electrons. The van der Waals surface area contributed by atoms with E-state index < -0.39 is 0 Å². The predicted molar refractivity (Wildman–Crippen MR) is 58.5 cm³/mol. The summed E-state index contributed by atoms with van der Waals surface area (Å²) in [6.07, 6.45) is 0. The lowest BCUT2D eigenvalue weighted by Gasteiger charge is -2.10. The van der Waals surface area contributed by atoms with E-state index in [0.29, 0.717) is 17.8 Å². The van der Waals surface area contributed by atoms with Crippen molar-refractivity contribution in [3.05, 3.63) is 29.8 Å². The number of hydrogen-bond donors (Lipinski definition) is 1. The number of nitrogens with zero attached hydrogens (tertiary/aromatic N) is 1. The largest absolute Gasteiger partial charge is 0.399 e. The van der Waals surface area contributed by atoms with Crippen LogP contribution in [0.5, 0.6) is 0 Å². The molecule has 0 spiro atoms. The Morgan fingerprint density at radius 1 is 1.50 bits per heavy atom. The highest BCUT2D eigenvalue weighted by molar-refractivity contribution is 5.89. The highest BCUT2D eigenvalue weighted by atomic mass is 16.1.